The average Bonchev–Trinajstić information content (AvgIpc) is 3.40. The zero-order chi connectivity index (χ0) is 30.6. The van der Waals surface area contributed by atoms with Gasteiger partial charge in [0.25, 0.3) is 23.6 Å². The van der Waals surface area contributed by atoms with E-state index >= 15 is 0 Å². The molecule has 0 saturated carbocycles. The minimum absolute atomic E-state index is 0.141. The van der Waals surface area contributed by atoms with Gasteiger partial charge in [-0.15, -0.1) is 0 Å². The summed E-state index contributed by atoms with van der Waals surface area (Å²) in [7, 11) is 0. The molecule has 0 radical (unpaired) electrons. The van der Waals surface area contributed by atoms with Crippen LogP contribution in [0.2, 0.25) is 0 Å². The summed E-state index contributed by atoms with van der Waals surface area (Å²) in [5.74, 6) is -2.52. The number of hydrogen-bond acceptors (Lipinski definition) is 6. The quantitative estimate of drug-likeness (QED) is 0.160. The highest BCUT2D eigenvalue weighted by Crippen LogP contribution is 2.33. The zero-order valence-corrected chi connectivity index (χ0v) is 23.5. The van der Waals surface area contributed by atoms with E-state index in [-0.39, 0.29) is 45.2 Å². The minimum Gasteiger partial charge on any atom is -0.295 e. The van der Waals surface area contributed by atoms with Crippen LogP contribution in [0.5, 0.6) is 0 Å². The highest BCUT2D eigenvalue weighted by atomic mass is 16.2. The zero-order valence-electron chi connectivity index (χ0n) is 23.5. The Morgan fingerprint density at radius 2 is 1.07 bits per heavy atom. The molecule has 0 unspecified atom stereocenters. The maximum atomic E-state index is 13.3. The van der Waals surface area contributed by atoms with E-state index in [0.717, 1.165) is 20.9 Å². The Labute approximate surface area is 246 Å². The molecule has 8 nitrogen and oxygen atoms in total. The van der Waals surface area contributed by atoms with Crippen molar-refractivity contribution in [2.24, 2.45) is 0 Å². The summed E-state index contributed by atoms with van der Waals surface area (Å²) >= 11 is 0. The summed E-state index contributed by atoms with van der Waals surface area (Å²) in [6.07, 6.45) is 3.04. The van der Waals surface area contributed by atoms with Gasteiger partial charge in [-0.1, -0.05) is 30.3 Å². The molecule has 4 aromatic rings. The number of rotatable bonds is 6. The number of aryl methyl sites for hydroxylation is 2. The second-order valence-corrected chi connectivity index (χ2v) is 10.5. The summed E-state index contributed by atoms with van der Waals surface area (Å²) in [5, 5.41) is 0. The number of benzene rings is 4. The van der Waals surface area contributed by atoms with Crippen molar-refractivity contribution in [3.05, 3.63) is 135 Å². The highest BCUT2D eigenvalue weighted by molar-refractivity contribution is 6.36. The van der Waals surface area contributed by atoms with Crippen LogP contribution in [0.3, 0.4) is 0 Å². The monoisotopic (exact) mass is 568 g/mol. The number of Topliss-reactive ketones (excluding diaryl/α,β-unsaturated/α-hetero) is 1. The van der Waals surface area contributed by atoms with Crippen molar-refractivity contribution in [3.8, 4) is 0 Å². The second kappa shape index (κ2) is 10.3. The number of imide groups is 2. The number of amides is 4. The number of allylic oxidation sites excluding steroid dienone is 1. The minimum atomic E-state index is -0.562. The van der Waals surface area contributed by atoms with Crippen LogP contribution in [-0.2, 0) is 0 Å². The molecule has 4 amide bonds. The molecule has 0 atom stereocenters. The third-order valence-corrected chi connectivity index (χ3v) is 7.79. The van der Waals surface area contributed by atoms with Gasteiger partial charge in [-0.05, 0) is 98.1 Å². The Balaban J connectivity index is 1.22. The van der Waals surface area contributed by atoms with E-state index in [1.165, 1.54) is 55.5 Å². The molecule has 2 aliphatic heterocycles. The largest absolute Gasteiger partial charge is 0.295 e. The van der Waals surface area contributed by atoms with E-state index in [4.69, 9.17) is 0 Å². The molecule has 43 heavy (non-hydrogen) atoms. The maximum Gasteiger partial charge on any atom is 0.266 e. The van der Waals surface area contributed by atoms with Gasteiger partial charge in [0.15, 0.2) is 11.6 Å². The van der Waals surface area contributed by atoms with Crippen molar-refractivity contribution in [2.45, 2.75) is 20.8 Å². The van der Waals surface area contributed by atoms with Crippen LogP contribution in [-0.4, -0.2) is 35.2 Å². The van der Waals surface area contributed by atoms with Gasteiger partial charge in [0.1, 0.15) is 0 Å². The molecular weight excluding hydrogens is 544 g/mol. The predicted molar refractivity (Wildman–Crippen MR) is 161 cm³/mol. The van der Waals surface area contributed by atoms with Gasteiger partial charge >= 0.3 is 0 Å². The van der Waals surface area contributed by atoms with E-state index < -0.39 is 23.6 Å². The number of carbonyl (C=O) groups is 6. The number of ketones is 2. The van der Waals surface area contributed by atoms with Crippen molar-refractivity contribution in [2.75, 3.05) is 9.80 Å². The molecule has 0 spiro atoms. The summed E-state index contributed by atoms with van der Waals surface area (Å²) in [5.41, 5.74) is 4.89. The molecule has 0 aromatic heterocycles. The second-order valence-electron chi connectivity index (χ2n) is 10.5. The number of nitrogens with zero attached hydrogens (tertiary/aromatic N) is 2. The first-order chi connectivity index (χ1) is 20.5. The lowest BCUT2D eigenvalue weighted by Gasteiger charge is -2.17. The highest BCUT2D eigenvalue weighted by Gasteiger charge is 2.39. The predicted octanol–water partition coefficient (Wildman–Crippen LogP) is 6.00. The van der Waals surface area contributed by atoms with Gasteiger partial charge in [-0.25, -0.2) is 9.80 Å². The summed E-state index contributed by atoms with van der Waals surface area (Å²) in [4.78, 5) is 79.0. The SMILES string of the molecule is CC(=O)c1ccc2c(c1)C(=O)N(c1ccc(N3C(=O)c4ccc(C=CC(=O)c5ccc(C)c(C)c5)cc4C3=O)cc1)C2=O. The summed E-state index contributed by atoms with van der Waals surface area (Å²) < 4.78 is 0. The van der Waals surface area contributed by atoms with Crippen molar-refractivity contribution in [1.82, 2.24) is 0 Å². The van der Waals surface area contributed by atoms with Gasteiger partial charge in [-0.2, -0.15) is 0 Å². The average molecular weight is 569 g/mol. The fourth-order valence-corrected chi connectivity index (χ4v) is 5.20. The van der Waals surface area contributed by atoms with E-state index in [2.05, 4.69) is 0 Å². The normalized spacial score (nSPS) is 14.1. The van der Waals surface area contributed by atoms with Gasteiger partial charge in [0.2, 0.25) is 0 Å². The van der Waals surface area contributed by atoms with Crippen LogP contribution in [0.1, 0.15) is 85.8 Å². The summed E-state index contributed by atoms with van der Waals surface area (Å²) in [6, 6.07) is 20.6. The number of hydrogen-bond donors (Lipinski definition) is 0. The lowest BCUT2D eigenvalue weighted by Crippen LogP contribution is -2.30. The molecule has 2 aliphatic rings. The van der Waals surface area contributed by atoms with Gasteiger partial charge in [0.05, 0.1) is 33.6 Å². The maximum absolute atomic E-state index is 13.3. The Morgan fingerprint density at radius 1 is 0.558 bits per heavy atom. The van der Waals surface area contributed by atoms with E-state index in [0.29, 0.717) is 16.7 Å². The Bertz CT molecular complexity index is 1970. The Morgan fingerprint density at radius 3 is 1.63 bits per heavy atom. The first-order valence-electron chi connectivity index (χ1n) is 13.5. The molecule has 210 valence electrons. The summed E-state index contributed by atoms with van der Waals surface area (Å²) in [6.45, 7) is 5.29. The topological polar surface area (TPSA) is 109 Å². The molecule has 0 aliphatic carbocycles. The lowest BCUT2D eigenvalue weighted by atomic mass is 10.0. The van der Waals surface area contributed by atoms with Crippen LogP contribution in [0.15, 0.2) is 84.9 Å². The molecule has 4 aromatic carbocycles. The van der Waals surface area contributed by atoms with E-state index in [1.54, 1.807) is 30.3 Å². The number of carbonyl (C=O) groups excluding carboxylic acids is 6. The third-order valence-electron chi connectivity index (χ3n) is 7.79. The smallest absolute Gasteiger partial charge is 0.266 e. The van der Waals surface area contributed by atoms with Crippen LogP contribution in [0, 0.1) is 13.8 Å². The fraction of sp³-hybridized carbons (Fsp3) is 0.0857. The van der Waals surface area contributed by atoms with Gasteiger partial charge in [-0.3, -0.25) is 28.8 Å². The lowest BCUT2D eigenvalue weighted by molar-refractivity contribution is 0.0909. The fourth-order valence-electron chi connectivity index (χ4n) is 5.20. The Hall–Kier alpha value is -5.76. The van der Waals surface area contributed by atoms with E-state index in [9.17, 15) is 28.8 Å². The molecule has 0 saturated heterocycles. The van der Waals surface area contributed by atoms with Crippen molar-refractivity contribution in [1.29, 1.82) is 0 Å². The van der Waals surface area contributed by atoms with Crippen LogP contribution >= 0.6 is 0 Å². The first-order valence-corrected chi connectivity index (χ1v) is 13.5. The number of anilines is 2. The molecular formula is C35H24N2O6. The molecule has 0 fully saturated rings. The van der Waals surface area contributed by atoms with Crippen molar-refractivity contribution < 1.29 is 28.8 Å². The molecule has 8 heteroatoms. The molecule has 0 bridgehead atoms. The first kappa shape index (κ1) is 27.4. The van der Waals surface area contributed by atoms with Crippen molar-refractivity contribution in [3.63, 3.8) is 0 Å². The van der Waals surface area contributed by atoms with Gasteiger partial charge in [0, 0.05) is 11.1 Å². The molecule has 0 N–H and O–H groups in total. The van der Waals surface area contributed by atoms with Crippen LogP contribution < -0.4 is 9.80 Å². The Kier molecular flexibility index (Phi) is 6.54. The van der Waals surface area contributed by atoms with Gasteiger partial charge < -0.3 is 0 Å². The standard InChI is InChI=1S/C35H24N2O6/c1-19-4-7-24(16-20(19)2)31(39)15-6-22-5-13-27-29(17-22)34(42)36(32(27)40)25-9-11-26(12-10-25)37-33(41)28-14-8-23(21(3)38)18-30(28)35(37)43/h4-18H,1-3H3. The number of fused-ring (bicyclic) bond motifs is 2. The molecule has 2 heterocycles. The molecule has 6 rings (SSSR count). The van der Waals surface area contributed by atoms with Crippen molar-refractivity contribution >= 4 is 52.6 Å². The third kappa shape index (κ3) is 4.59. The van der Waals surface area contributed by atoms with E-state index in [1.807, 2.05) is 26.0 Å². The van der Waals surface area contributed by atoms with Crippen LogP contribution in [0.4, 0.5) is 11.4 Å². The van der Waals surface area contributed by atoms with Crippen LogP contribution in [0.25, 0.3) is 6.08 Å².